The minimum absolute atomic E-state index is 0.192. The predicted octanol–water partition coefficient (Wildman–Crippen LogP) is 1.14. The summed E-state index contributed by atoms with van der Waals surface area (Å²) < 4.78 is 15.0. The second-order valence-electron chi connectivity index (χ2n) is 4.11. The molecule has 0 aliphatic heterocycles. The number of amides is 1. The molecule has 0 atom stereocenters. The largest absolute Gasteiger partial charge is 0.482 e. The van der Waals surface area contributed by atoms with E-state index in [0.29, 0.717) is 31.3 Å². The van der Waals surface area contributed by atoms with Crippen molar-refractivity contribution in [3.8, 4) is 5.75 Å². The van der Waals surface area contributed by atoms with Crippen molar-refractivity contribution in [2.24, 2.45) is 0 Å². The Hall–Kier alpha value is -2.12. The highest BCUT2D eigenvalue weighted by Crippen LogP contribution is 2.17. The minimum atomic E-state index is -1.06. The molecule has 0 saturated carbocycles. The summed E-state index contributed by atoms with van der Waals surface area (Å²) in [4.78, 5) is 22.1. The van der Waals surface area contributed by atoms with Crippen LogP contribution in [-0.4, -0.2) is 50.5 Å². The fourth-order valence-electron chi connectivity index (χ4n) is 1.44. The number of rotatable bonds is 10. The molecule has 0 bridgehead atoms. The van der Waals surface area contributed by atoms with Crippen molar-refractivity contribution >= 4 is 17.6 Å². The monoisotopic (exact) mass is 297 g/mol. The number of carboxylic acids is 1. The Morgan fingerprint density at radius 1 is 1.24 bits per heavy atom. The maximum atomic E-state index is 11.7. The van der Waals surface area contributed by atoms with Gasteiger partial charge in [0.2, 0.25) is 5.91 Å². The number of carbonyl (C=O) groups is 2. The molecule has 2 N–H and O–H groups in total. The maximum Gasteiger partial charge on any atom is 0.341 e. The average Bonchev–Trinajstić information content (AvgIpc) is 2.45. The quantitative estimate of drug-likeness (QED) is 0.629. The third-order valence-corrected chi connectivity index (χ3v) is 2.39. The van der Waals surface area contributed by atoms with Gasteiger partial charge in [0.05, 0.1) is 26.2 Å². The van der Waals surface area contributed by atoms with Crippen molar-refractivity contribution in [2.75, 3.05) is 38.9 Å². The second-order valence-corrected chi connectivity index (χ2v) is 4.11. The Morgan fingerprint density at radius 3 is 2.76 bits per heavy atom. The molecular weight excluding hydrogens is 278 g/mol. The van der Waals surface area contributed by atoms with Crippen molar-refractivity contribution < 1.29 is 28.9 Å². The summed E-state index contributed by atoms with van der Waals surface area (Å²) in [6.07, 6.45) is 0.226. The Kier molecular flexibility index (Phi) is 7.85. The highest BCUT2D eigenvalue weighted by molar-refractivity contribution is 5.90. The Labute approximate surface area is 122 Å². The molecule has 0 heterocycles. The van der Waals surface area contributed by atoms with Gasteiger partial charge in [-0.3, -0.25) is 4.79 Å². The minimum Gasteiger partial charge on any atom is -0.482 e. The van der Waals surface area contributed by atoms with Crippen LogP contribution in [0.5, 0.6) is 5.75 Å². The first-order valence-electron chi connectivity index (χ1n) is 6.43. The summed E-state index contributed by atoms with van der Waals surface area (Å²) in [6.45, 7) is 0.821. The lowest BCUT2D eigenvalue weighted by molar-refractivity contribution is -0.139. The molecule has 0 unspecified atom stereocenters. The van der Waals surface area contributed by atoms with Crippen molar-refractivity contribution in [2.45, 2.75) is 6.42 Å². The van der Waals surface area contributed by atoms with E-state index in [1.54, 1.807) is 31.4 Å². The summed E-state index contributed by atoms with van der Waals surface area (Å²) in [6, 6.07) is 6.54. The lowest BCUT2D eigenvalue weighted by Gasteiger charge is -2.08. The molecule has 0 saturated heterocycles. The number of methoxy groups -OCH3 is 1. The Balaban J connectivity index is 2.34. The van der Waals surface area contributed by atoms with Gasteiger partial charge in [-0.15, -0.1) is 0 Å². The first-order chi connectivity index (χ1) is 10.1. The molecule has 1 aromatic rings. The van der Waals surface area contributed by atoms with Crippen LogP contribution in [0.4, 0.5) is 5.69 Å². The van der Waals surface area contributed by atoms with Crippen LogP contribution in [0.25, 0.3) is 0 Å². The van der Waals surface area contributed by atoms with E-state index >= 15 is 0 Å². The van der Waals surface area contributed by atoms with E-state index in [-0.39, 0.29) is 12.3 Å². The standard InChI is InChI=1S/C14H19NO6/c1-19-7-8-20-6-5-13(16)15-11-3-2-4-12(9-11)21-10-14(17)18/h2-4,9H,5-8,10H2,1H3,(H,15,16)(H,17,18). The maximum absolute atomic E-state index is 11.7. The van der Waals surface area contributed by atoms with Gasteiger partial charge in [0.15, 0.2) is 6.61 Å². The van der Waals surface area contributed by atoms with Crippen molar-refractivity contribution in [3.63, 3.8) is 0 Å². The molecule has 1 aromatic carbocycles. The van der Waals surface area contributed by atoms with E-state index < -0.39 is 12.6 Å². The zero-order valence-corrected chi connectivity index (χ0v) is 11.8. The molecule has 0 spiro atoms. The highest BCUT2D eigenvalue weighted by Gasteiger charge is 2.04. The van der Waals surface area contributed by atoms with Crippen LogP contribution in [0.3, 0.4) is 0 Å². The zero-order chi connectivity index (χ0) is 15.5. The molecule has 0 aromatic heterocycles. The zero-order valence-electron chi connectivity index (χ0n) is 11.8. The fraction of sp³-hybridized carbons (Fsp3) is 0.429. The predicted molar refractivity (Wildman–Crippen MR) is 75.5 cm³/mol. The van der Waals surface area contributed by atoms with Gasteiger partial charge in [0, 0.05) is 18.9 Å². The number of ether oxygens (including phenoxy) is 3. The van der Waals surface area contributed by atoms with Gasteiger partial charge in [0.1, 0.15) is 5.75 Å². The van der Waals surface area contributed by atoms with Gasteiger partial charge in [-0.2, -0.15) is 0 Å². The molecule has 1 rings (SSSR count). The summed E-state index contributed by atoms with van der Waals surface area (Å²) >= 11 is 0. The van der Waals surface area contributed by atoms with Crippen LogP contribution < -0.4 is 10.1 Å². The SMILES string of the molecule is COCCOCCC(=O)Nc1cccc(OCC(=O)O)c1. The molecular formula is C14H19NO6. The third kappa shape index (κ3) is 7.91. The molecule has 0 aliphatic carbocycles. The molecule has 0 radical (unpaired) electrons. The first-order valence-corrected chi connectivity index (χ1v) is 6.43. The molecule has 7 heteroatoms. The molecule has 0 aliphatic rings. The van der Waals surface area contributed by atoms with Gasteiger partial charge in [-0.25, -0.2) is 4.79 Å². The van der Waals surface area contributed by atoms with Crippen LogP contribution in [-0.2, 0) is 19.1 Å². The van der Waals surface area contributed by atoms with Crippen LogP contribution in [0.15, 0.2) is 24.3 Å². The topological polar surface area (TPSA) is 94.1 Å². The normalized spacial score (nSPS) is 10.1. The molecule has 7 nitrogen and oxygen atoms in total. The van der Waals surface area contributed by atoms with Crippen molar-refractivity contribution in [1.82, 2.24) is 0 Å². The van der Waals surface area contributed by atoms with Crippen LogP contribution in [0, 0.1) is 0 Å². The first kappa shape index (κ1) is 16.9. The second kappa shape index (κ2) is 9.73. The lowest BCUT2D eigenvalue weighted by Crippen LogP contribution is -2.15. The highest BCUT2D eigenvalue weighted by atomic mass is 16.5. The van der Waals surface area contributed by atoms with E-state index in [4.69, 9.17) is 19.3 Å². The average molecular weight is 297 g/mol. The molecule has 116 valence electrons. The third-order valence-electron chi connectivity index (χ3n) is 2.39. The number of hydrogen-bond acceptors (Lipinski definition) is 5. The van der Waals surface area contributed by atoms with E-state index in [0.717, 1.165) is 0 Å². The summed E-state index contributed by atoms with van der Waals surface area (Å²) in [5, 5.41) is 11.2. The number of hydrogen-bond donors (Lipinski definition) is 2. The number of carbonyl (C=O) groups excluding carboxylic acids is 1. The number of anilines is 1. The molecule has 1 amide bonds. The van der Waals surface area contributed by atoms with E-state index in [9.17, 15) is 9.59 Å². The van der Waals surface area contributed by atoms with Gasteiger partial charge in [-0.05, 0) is 12.1 Å². The van der Waals surface area contributed by atoms with Gasteiger partial charge in [0.25, 0.3) is 0 Å². The lowest BCUT2D eigenvalue weighted by atomic mass is 10.3. The van der Waals surface area contributed by atoms with Gasteiger partial charge >= 0.3 is 5.97 Å². The van der Waals surface area contributed by atoms with E-state index in [1.165, 1.54) is 0 Å². The van der Waals surface area contributed by atoms with Crippen LogP contribution >= 0.6 is 0 Å². The summed E-state index contributed by atoms with van der Waals surface area (Å²) in [7, 11) is 1.58. The smallest absolute Gasteiger partial charge is 0.341 e. The van der Waals surface area contributed by atoms with E-state index in [1.807, 2.05) is 0 Å². The van der Waals surface area contributed by atoms with Crippen LogP contribution in [0.2, 0.25) is 0 Å². The van der Waals surface area contributed by atoms with Crippen molar-refractivity contribution in [3.05, 3.63) is 24.3 Å². The van der Waals surface area contributed by atoms with E-state index in [2.05, 4.69) is 5.32 Å². The summed E-state index contributed by atoms with van der Waals surface area (Å²) in [5.41, 5.74) is 0.541. The van der Waals surface area contributed by atoms with Crippen molar-refractivity contribution in [1.29, 1.82) is 0 Å². The fourth-order valence-corrected chi connectivity index (χ4v) is 1.44. The number of nitrogens with one attached hydrogen (secondary N) is 1. The Morgan fingerprint density at radius 2 is 2.05 bits per heavy atom. The number of benzene rings is 1. The van der Waals surface area contributed by atoms with Gasteiger partial charge in [-0.1, -0.05) is 6.07 Å². The summed E-state index contributed by atoms with van der Waals surface area (Å²) in [5.74, 6) is -0.869. The Bertz CT molecular complexity index is 463. The molecule has 0 fully saturated rings. The number of carboxylic acid groups (broad SMARTS) is 1. The molecule has 21 heavy (non-hydrogen) atoms. The van der Waals surface area contributed by atoms with Crippen LogP contribution in [0.1, 0.15) is 6.42 Å². The number of aliphatic carboxylic acids is 1. The van der Waals surface area contributed by atoms with Gasteiger partial charge < -0.3 is 24.6 Å².